The van der Waals surface area contributed by atoms with E-state index in [4.69, 9.17) is 4.42 Å². The number of rotatable bonds is 5. The first-order valence-electron chi connectivity index (χ1n) is 8.42. The van der Waals surface area contributed by atoms with Crippen LogP contribution in [0.15, 0.2) is 64.6 Å². The molecular formula is C21H14FN3O4. The number of hydrogen-bond donors (Lipinski definition) is 1. The number of halogens is 1. The Kier molecular flexibility index (Phi) is 5.51. The van der Waals surface area contributed by atoms with Crippen LogP contribution in [0.4, 0.5) is 15.8 Å². The quantitative estimate of drug-likeness (QED) is 0.289. The first kappa shape index (κ1) is 19.5. The Morgan fingerprint density at radius 2 is 2.00 bits per heavy atom. The zero-order valence-electron chi connectivity index (χ0n) is 15.2. The van der Waals surface area contributed by atoms with Crippen LogP contribution in [0.5, 0.6) is 0 Å². The van der Waals surface area contributed by atoms with E-state index in [2.05, 4.69) is 5.32 Å². The predicted molar refractivity (Wildman–Crippen MR) is 104 cm³/mol. The van der Waals surface area contributed by atoms with Crippen LogP contribution in [0, 0.1) is 34.2 Å². The van der Waals surface area contributed by atoms with Crippen molar-refractivity contribution in [1.82, 2.24) is 0 Å². The summed E-state index contributed by atoms with van der Waals surface area (Å²) in [4.78, 5) is 22.8. The molecule has 3 aromatic rings. The van der Waals surface area contributed by atoms with Gasteiger partial charge in [0.05, 0.1) is 10.6 Å². The first-order chi connectivity index (χ1) is 13.9. The van der Waals surface area contributed by atoms with Crippen molar-refractivity contribution in [2.45, 2.75) is 6.92 Å². The lowest BCUT2D eigenvalue weighted by Crippen LogP contribution is -2.14. The van der Waals surface area contributed by atoms with Crippen molar-refractivity contribution in [2.24, 2.45) is 0 Å². The number of carbonyl (C=O) groups is 1. The minimum absolute atomic E-state index is 0.0500. The number of nitriles is 1. The van der Waals surface area contributed by atoms with Gasteiger partial charge in [-0.3, -0.25) is 14.9 Å². The summed E-state index contributed by atoms with van der Waals surface area (Å²) >= 11 is 0. The summed E-state index contributed by atoms with van der Waals surface area (Å²) in [5.74, 6) is -0.864. The smallest absolute Gasteiger partial charge is 0.270 e. The molecule has 0 aliphatic carbocycles. The van der Waals surface area contributed by atoms with Gasteiger partial charge in [-0.05, 0) is 36.8 Å². The summed E-state index contributed by atoms with van der Waals surface area (Å²) in [5.41, 5.74) is 0.864. The molecule has 0 saturated carbocycles. The molecule has 0 fully saturated rings. The highest BCUT2D eigenvalue weighted by Crippen LogP contribution is 2.29. The second kappa shape index (κ2) is 8.19. The normalized spacial score (nSPS) is 11.0. The van der Waals surface area contributed by atoms with Gasteiger partial charge in [-0.2, -0.15) is 5.26 Å². The van der Waals surface area contributed by atoms with Gasteiger partial charge in [0.2, 0.25) is 0 Å². The number of hydrogen-bond acceptors (Lipinski definition) is 5. The minimum Gasteiger partial charge on any atom is -0.457 e. The third kappa shape index (κ3) is 4.36. The second-order valence-corrected chi connectivity index (χ2v) is 6.06. The van der Waals surface area contributed by atoms with Crippen LogP contribution in [0.2, 0.25) is 0 Å². The fourth-order valence-electron chi connectivity index (χ4n) is 2.61. The number of carbonyl (C=O) groups excluding carboxylic acids is 1. The number of nitrogens with zero attached hydrogens (tertiary/aromatic N) is 2. The van der Waals surface area contributed by atoms with Crippen LogP contribution in [0.25, 0.3) is 17.4 Å². The number of amides is 1. The van der Waals surface area contributed by atoms with Crippen molar-refractivity contribution in [1.29, 1.82) is 5.26 Å². The van der Waals surface area contributed by atoms with Gasteiger partial charge in [-0.1, -0.05) is 18.2 Å². The molecule has 2 aromatic carbocycles. The molecule has 0 radical (unpaired) electrons. The van der Waals surface area contributed by atoms with E-state index in [1.54, 1.807) is 31.2 Å². The summed E-state index contributed by atoms with van der Waals surface area (Å²) in [6.45, 7) is 1.78. The highest BCUT2D eigenvalue weighted by atomic mass is 19.1. The lowest BCUT2D eigenvalue weighted by atomic mass is 10.1. The molecule has 0 atom stereocenters. The maximum absolute atomic E-state index is 13.7. The Hall–Kier alpha value is -4.25. The number of aryl methyl sites for hydroxylation is 1. The Morgan fingerprint density at radius 1 is 1.24 bits per heavy atom. The van der Waals surface area contributed by atoms with Crippen LogP contribution >= 0.6 is 0 Å². The molecule has 1 amide bonds. The SMILES string of the molecule is Cc1ccc([N+](=O)[O-])cc1-c1ccc(/C=C(\C#N)C(=O)Nc2ccccc2F)o1. The molecule has 29 heavy (non-hydrogen) atoms. The van der Waals surface area contributed by atoms with Gasteiger partial charge in [0.15, 0.2) is 0 Å². The molecule has 8 heteroatoms. The van der Waals surface area contributed by atoms with Gasteiger partial charge >= 0.3 is 0 Å². The average Bonchev–Trinajstić information content (AvgIpc) is 3.16. The van der Waals surface area contributed by atoms with Gasteiger partial charge in [0, 0.05) is 23.8 Å². The fourth-order valence-corrected chi connectivity index (χ4v) is 2.61. The predicted octanol–water partition coefficient (Wildman–Crippen LogP) is 4.85. The lowest BCUT2D eigenvalue weighted by Gasteiger charge is -2.05. The van der Waals surface area contributed by atoms with Gasteiger partial charge in [0.25, 0.3) is 11.6 Å². The van der Waals surface area contributed by atoms with E-state index >= 15 is 0 Å². The Bertz CT molecular complexity index is 1170. The first-order valence-corrected chi connectivity index (χ1v) is 8.42. The summed E-state index contributed by atoms with van der Waals surface area (Å²) in [6.07, 6.45) is 1.21. The Labute approximate surface area is 164 Å². The number of furan rings is 1. The maximum atomic E-state index is 13.7. The molecule has 1 heterocycles. The summed E-state index contributed by atoms with van der Waals surface area (Å²) in [7, 11) is 0. The standard InChI is InChI=1S/C21H14FN3O4/c1-13-6-7-15(25(27)28)11-17(13)20-9-8-16(29-20)10-14(12-23)21(26)24-19-5-3-2-4-18(19)22/h2-11H,1H3,(H,24,26)/b14-10+. The summed E-state index contributed by atoms with van der Waals surface area (Å²) < 4.78 is 19.3. The molecule has 1 aromatic heterocycles. The molecule has 1 N–H and O–H groups in total. The fraction of sp³-hybridized carbons (Fsp3) is 0.0476. The molecule has 0 saturated heterocycles. The second-order valence-electron chi connectivity index (χ2n) is 6.06. The molecule has 7 nitrogen and oxygen atoms in total. The van der Waals surface area contributed by atoms with Crippen LogP contribution < -0.4 is 5.32 Å². The number of non-ortho nitro benzene ring substituents is 1. The number of anilines is 1. The van der Waals surface area contributed by atoms with Crippen LogP contribution in [-0.4, -0.2) is 10.8 Å². The highest BCUT2D eigenvalue weighted by Gasteiger charge is 2.15. The van der Waals surface area contributed by atoms with E-state index < -0.39 is 16.6 Å². The third-order valence-electron chi connectivity index (χ3n) is 4.10. The third-order valence-corrected chi connectivity index (χ3v) is 4.10. The molecule has 0 aliphatic heterocycles. The largest absolute Gasteiger partial charge is 0.457 e. The van der Waals surface area contributed by atoms with E-state index in [9.17, 15) is 24.6 Å². The molecule has 144 valence electrons. The summed E-state index contributed by atoms with van der Waals surface area (Å²) in [5, 5.41) is 22.6. The van der Waals surface area contributed by atoms with Crippen molar-refractivity contribution >= 4 is 23.4 Å². The van der Waals surface area contributed by atoms with Crippen molar-refractivity contribution in [3.05, 3.63) is 87.4 Å². The number of nitro groups is 1. The zero-order chi connectivity index (χ0) is 21.0. The van der Waals surface area contributed by atoms with Gasteiger partial charge < -0.3 is 9.73 Å². The van der Waals surface area contributed by atoms with Gasteiger partial charge in [0.1, 0.15) is 29.0 Å². The number of benzene rings is 2. The van der Waals surface area contributed by atoms with E-state index in [-0.39, 0.29) is 22.7 Å². The monoisotopic (exact) mass is 391 g/mol. The molecule has 0 spiro atoms. The van der Waals surface area contributed by atoms with Crippen molar-refractivity contribution in [2.75, 3.05) is 5.32 Å². The van der Waals surface area contributed by atoms with Crippen molar-refractivity contribution in [3.8, 4) is 17.4 Å². The van der Waals surface area contributed by atoms with Gasteiger partial charge in [-0.25, -0.2) is 4.39 Å². The molecule has 0 aliphatic rings. The Balaban J connectivity index is 1.87. The lowest BCUT2D eigenvalue weighted by molar-refractivity contribution is -0.384. The number of para-hydroxylation sites is 1. The van der Waals surface area contributed by atoms with Crippen molar-refractivity contribution in [3.63, 3.8) is 0 Å². The topological polar surface area (TPSA) is 109 Å². The minimum atomic E-state index is -0.790. The average molecular weight is 391 g/mol. The Morgan fingerprint density at radius 3 is 2.69 bits per heavy atom. The van der Waals surface area contributed by atoms with Crippen LogP contribution in [0.3, 0.4) is 0 Å². The number of nitrogens with one attached hydrogen (secondary N) is 1. The molecular weight excluding hydrogens is 377 g/mol. The van der Waals surface area contributed by atoms with Gasteiger partial charge in [-0.15, -0.1) is 0 Å². The van der Waals surface area contributed by atoms with E-state index in [0.717, 1.165) is 5.56 Å². The summed E-state index contributed by atoms with van der Waals surface area (Å²) in [6, 6.07) is 14.8. The van der Waals surface area contributed by atoms with E-state index in [1.807, 2.05) is 0 Å². The van der Waals surface area contributed by atoms with Crippen molar-refractivity contribution < 1.29 is 18.5 Å². The molecule has 0 unspecified atom stereocenters. The zero-order valence-corrected chi connectivity index (χ0v) is 15.2. The van der Waals surface area contributed by atoms with E-state index in [1.165, 1.54) is 42.5 Å². The number of nitro benzene ring substituents is 1. The maximum Gasteiger partial charge on any atom is 0.270 e. The van der Waals surface area contributed by atoms with E-state index in [0.29, 0.717) is 11.3 Å². The van der Waals surface area contributed by atoms with Crippen LogP contribution in [0.1, 0.15) is 11.3 Å². The van der Waals surface area contributed by atoms with Crippen LogP contribution in [-0.2, 0) is 4.79 Å². The molecule has 0 bridgehead atoms. The highest BCUT2D eigenvalue weighted by molar-refractivity contribution is 6.09. The molecule has 3 rings (SSSR count).